The zero-order valence-electron chi connectivity index (χ0n) is 17.9. The molecule has 1 aliphatic heterocycles. The minimum atomic E-state index is -1.02. The third-order valence-electron chi connectivity index (χ3n) is 6.05. The molecule has 0 aromatic heterocycles. The first kappa shape index (κ1) is 22.1. The lowest BCUT2D eigenvalue weighted by molar-refractivity contribution is 0.0697. The quantitative estimate of drug-likeness (QED) is 0.434. The summed E-state index contributed by atoms with van der Waals surface area (Å²) < 4.78 is 25.2. The van der Waals surface area contributed by atoms with Crippen molar-refractivity contribution < 1.29 is 23.8 Å². The van der Waals surface area contributed by atoms with E-state index in [0.29, 0.717) is 21.7 Å². The number of rotatable bonds is 5. The van der Waals surface area contributed by atoms with Gasteiger partial charge in [-0.1, -0.05) is 41.1 Å². The third-order valence-corrected chi connectivity index (χ3v) is 6.50. The molecule has 2 N–H and O–H groups in total. The molecule has 3 atom stereocenters. The Kier molecular flexibility index (Phi) is 6.11. The van der Waals surface area contributed by atoms with Gasteiger partial charge in [0.2, 0.25) is 0 Å². The van der Waals surface area contributed by atoms with Gasteiger partial charge in [-0.05, 0) is 59.0 Å². The highest BCUT2D eigenvalue weighted by Crippen LogP contribution is 2.50. The van der Waals surface area contributed by atoms with E-state index in [0.717, 1.165) is 16.7 Å². The predicted molar refractivity (Wildman–Crippen MR) is 124 cm³/mol. The second-order valence-corrected chi connectivity index (χ2v) is 8.76. The van der Waals surface area contributed by atoms with Crippen LogP contribution < -0.4 is 14.8 Å². The summed E-state index contributed by atoms with van der Waals surface area (Å²) >= 11 is 3.47. The van der Waals surface area contributed by atoms with E-state index < -0.39 is 5.97 Å². The number of ether oxygens (including phenoxy) is 2. The summed E-state index contributed by atoms with van der Waals surface area (Å²) in [5.74, 6) is -0.242. The predicted octanol–water partition coefficient (Wildman–Crippen LogP) is 6.24. The molecule has 0 radical (unpaired) electrons. The zero-order chi connectivity index (χ0) is 23.0. The van der Waals surface area contributed by atoms with Crippen molar-refractivity contribution in [2.75, 3.05) is 19.5 Å². The van der Waals surface area contributed by atoms with Crippen molar-refractivity contribution in [3.05, 3.63) is 87.1 Å². The lowest BCUT2D eigenvalue weighted by Crippen LogP contribution is -2.32. The highest BCUT2D eigenvalue weighted by Gasteiger charge is 2.38. The van der Waals surface area contributed by atoms with E-state index in [1.54, 1.807) is 32.4 Å². The van der Waals surface area contributed by atoms with Gasteiger partial charge >= 0.3 is 5.97 Å². The van der Waals surface area contributed by atoms with Crippen LogP contribution in [0.25, 0.3) is 0 Å². The minimum Gasteiger partial charge on any atom is -0.493 e. The Labute approximate surface area is 194 Å². The molecule has 0 fully saturated rings. The van der Waals surface area contributed by atoms with Crippen molar-refractivity contribution in [1.29, 1.82) is 0 Å². The normalized spacial score (nSPS) is 19.6. The number of halogens is 2. The highest BCUT2D eigenvalue weighted by molar-refractivity contribution is 9.10. The van der Waals surface area contributed by atoms with Crippen molar-refractivity contribution >= 4 is 27.6 Å². The number of anilines is 1. The molecule has 1 aliphatic rings. The summed E-state index contributed by atoms with van der Waals surface area (Å²) in [6.07, 6.45) is 0. The van der Waals surface area contributed by atoms with E-state index in [4.69, 9.17) is 9.47 Å². The van der Waals surface area contributed by atoms with Gasteiger partial charge in [0.25, 0.3) is 0 Å². The molecule has 0 spiro atoms. The van der Waals surface area contributed by atoms with E-state index in [2.05, 4.69) is 28.2 Å². The van der Waals surface area contributed by atoms with E-state index in [9.17, 15) is 14.3 Å². The smallest absolute Gasteiger partial charge is 0.337 e. The first-order valence-electron chi connectivity index (χ1n) is 10.1. The number of hydrogen-bond acceptors (Lipinski definition) is 4. The average molecular weight is 500 g/mol. The monoisotopic (exact) mass is 499 g/mol. The van der Waals surface area contributed by atoms with Crippen molar-refractivity contribution in [1.82, 2.24) is 0 Å². The fourth-order valence-corrected chi connectivity index (χ4v) is 5.03. The average Bonchev–Trinajstić information content (AvgIpc) is 2.78. The first-order valence-corrected chi connectivity index (χ1v) is 10.9. The van der Waals surface area contributed by atoms with Gasteiger partial charge in [0.15, 0.2) is 11.5 Å². The number of aromatic carboxylic acids is 1. The Morgan fingerprint density at radius 2 is 1.66 bits per heavy atom. The van der Waals surface area contributed by atoms with Gasteiger partial charge < -0.3 is 19.9 Å². The van der Waals surface area contributed by atoms with Gasteiger partial charge in [-0.3, -0.25) is 0 Å². The summed E-state index contributed by atoms with van der Waals surface area (Å²) in [6.45, 7) is 2.10. The SMILES string of the molecule is COc1ccc([C@H]2c3cc(Br)cc(C(=O)O)c3N[C@@H](c3ccc(F)cc3)[C@@H]2C)cc1OC. The van der Waals surface area contributed by atoms with Gasteiger partial charge in [-0.2, -0.15) is 0 Å². The fourth-order valence-electron chi connectivity index (χ4n) is 4.55. The lowest BCUT2D eigenvalue weighted by atomic mass is 9.72. The molecule has 166 valence electrons. The molecular weight excluding hydrogens is 477 g/mol. The molecule has 3 aromatic carbocycles. The first-order chi connectivity index (χ1) is 15.3. The minimum absolute atomic E-state index is 0.0157. The summed E-state index contributed by atoms with van der Waals surface area (Å²) in [6, 6.07) is 15.4. The van der Waals surface area contributed by atoms with Crippen molar-refractivity contribution in [2.45, 2.75) is 18.9 Å². The van der Waals surface area contributed by atoms with E-state index >= 15 is 0 Å². The van der Waals surface area contributed by atoms with E-state index in [1.807, 2.05) is 24.3 Å². The Hall–Kier alpha value is -3.06. The molecule has 32 heavy (non-hydrogen) atoms. The lowest BCUT2D eigenvalue weighted by Gasteiger charge is -2.40. The standard InChI is InChI=1S/C25H23BrFNO4/c1-13-22(15-6-9-20(31-2)21(10-15)32-3)18-11-16(26)12-19(25(29)30)24(18)28-23(13)14-4-7-17(27)8-5-14/h4-13,22-23,28H,1-3H3,(H,29,30)/t13-,22+,23-/m1/s1. The number of hydrogen-bond donors (Lipinski definition) is 2. The summed E-state index contributed by atoms with van der Waals surface area (Å²) in [4.78, 5) is 12.1. The Balaban J connectivity index is 1.93. The second kappa shape index (κ2) is 8.82. The maximum absolute atomic E-state index is 13.6. The summed E-state index contributed by atoms with van der Waals surface area (Å²) in [5, 5.41) is 13.3. The topological polar surface area (TPSA) is 67.8 Å². The fraction of sp³-hybridized carbons (Fsp3) is 0.240. The molecule has 5 nitrogen and oxygen atoms in total. The number of methoxy groups -OCH3 is 2. The molecule has 3 aromatic rings. The van der Waals surface area contributed by atoms with Gasteiger partial charge in [0.1, 0.15) is 5.82 Å². The molecule has 7 heteroatoms. The van der Waals surface area contributed by atoms with Gasteiger partial charge in [0.05, 0.1) is 31.5 Å². The Morgan fingerprint density at radius 3 is 2.28 bits per heavy atom. The van der Waals surface area contributed by atoms with Gasteiger partial charge in [-0.25, -0.2) is 9.18 Å². The van der Waals surface area contributed by atoms with Crippen LogP contribution in [0.15, 0.2) is 59.1 Å². The van der Waals surface area contributed by atoms with Crippen molar-refractivity contribution in [3.63, 3.8) is 0 Å². The number of carboxylic acids is 1. The van der Waals surface area contributed by atoms with Crippen LogP contribution in [0.2, 0.25) is 0 Å². The maximum atomic E-state index is 13.6. The van der Waals surface area contributed by atoms with Crippen LogP contribution in [-0.4, -0.2) is 25.3 Å². The molecule has 0 saturated heterocycles. The van der Waals surface area contributed by atoms with Crippen molar-refractivity contribution in [3.8, 4) is 11.5 Å². The van der Waals surface area contributed by atoms with E-state index in [-0.39, 0.29) is 29.3 Å². The molecule has 0 saturated carbocycles. The molecule has 0 unspecified atom stereocenters. The number of nitrogens with one attached hydrogen (secondary N) is 1. The molecule has 0 bridgehead atoms. The van der Waals surface area contributed by atoms with Gasteiger partial charge in [-0.15, -0.1) is 0 Å². The number of carbonyl (C=O) groups is 1. The number of benzene rings is 3. The number of carboxylic acid groups (broad SMARTS) is 1. The molecule has 0 amide bonds. The summed E-state index contributed by atoms with van der Waals surface area (Å²) in [7, 11) is 3.17. The number of fused-ring (bicyclic) bond motifs is 1. The molecule has 4 rings (SSSR count). The van der Waals surface area contributed by atoms with Crippen LogP contribution in [0.3, 0.4) is 0 Å². The van der Waals surface area contributed by atoms with Crippen LogP contribution >= 0.6 is 15.9 Å². The molecular formula is C25H23BrFNO4. The summed E-state index contributed by atoms with van der Waals surface area (Å²) in [5.41, 5.74) is 3.47. The van der Waals surface area contributed by atoms with Crippen LogP contribution in [0.4, 0.5) is 10.1 Å². The third kappa shape index (κ3) is 3.93. The maximum Gasteiger partial charge on any atom is 0.337 e. The van der Waals surface area contributed by atoms with Crippen LogP contribution in [0.1, 0.15) is 45.9 Å². The van der Waals surface area contributed by atoms with Crippen LogP contribution in [-0.2, 0) is 0 Å². The highest BCUT2D eigenvalue weighted by atomic mass is 79.9. The van der Waals surface area contributed by atoms with Crippen molar-refractivity contribution in [2.24, 2.45) is 5.92 Å². The zero-order valence-corrected chi connectivity index (χ0v) is 19.4. The van der Waals surface area contributed by atoms with Crippen LogP contribution in [0.5, 0.6) is 11.5 Å². The molecule has 1 heterocycles. The molecule has 0 aliphatic carbocycles. The Morgan fingerprint density at radius 1 is 1.00 bits per heavy atom. The van der Waals surface area contributed by atoms with Gasteiger partial charge in [0, 0.05) is 10.4 Å². The largest absolute Gasteiger partial charge is 0.493 e. The van der Waals surface area contributed by atoms with E-state index in [1.165, 1.54) is 12.1 Å². The Bertz CT molecular complexity index is 1170. The second-order valence-electron chi connectivity index (χ2n) is 7.85. The van der Waals surface area contributed by atoms with Crippen LogP contribution in [0, 0.1) is 11.7 Å².